The number of thioether (sulfide) groups is 1. The molecule has 4 aromatic rings. The molecule has 0 spiro atoms. The Morgan fingerprint density at radius 2 is 1.93 bits per heavy atom. The molecule has 8 heteroatoms. The fourth-order valence-corrected chi connectivity index (χ4v) is 4.33. The van der Waals surface area contributed by atoms with Gasteiger partial charge in [-0.25, -0.2) is 4.98 Å². The van der Waals surface area contributed by atoms with Crippen molar-refractivity contribution in [3.05, 3.63) is 60.7 Å². The molecule has 0 atom stereocenters. The third-order valence-electron chi connectivity index (χ3n) is 4.91. The molecule has 1 N–H and O–H groups in total. The smallest absolute Gasteiger partial charge is 0.255 e. The fraction of sp³-hybridized carbons (Fsp3) is 0.200. The standard InChI is InChI=1S/C20H18N6OS/c27-20(25-7-9-28-10-8-25)16-11-15-5-6-26(19(15)21-12-16)17-3-1-14(2-4-17)18-22-13-23-24-18/h1-6,11-13H,7-10H2,(H,22,23,24). The van der Waals surface area contributed by atoms with Crippen LogP contribution in [0.4, 0.5) is 0 Å². The van der Waals surface area contributed by atoms with Gasteiger partial charge in [-0.15, -0.1) is 10.2 Å². The number of H-pyrrole nitrogens is 1. The van der Waals surface area contributed by atoms with E-state index in [9.17, 15) is 4.79 Å². The average Bonchev–Trinajstić information content (AvgIpc) is 3.44. The number of aromatic amines is 1. The summed E-state index contributed by atoms with van der Waals surface area (Å²) in [7, 11) is 0. The zero-order valence-corrected chi connectivity index (χ0v) is 15.9. The maximum absolute atomic E-state index is 12.7. The van der Waals surface area contributed by atoms with Crippen LogP contribution in [0.5, 0.6) is 0 Å². The number of pyridine rings is 1. The van der Waals surface area contributed by atoms with Crippen molar-refractivity contribution in [3.63, 3.8) is 0 Å². The Labute approximate surface area is 165 Å². The summed E-state index contributed by atoms with van der Waals surface area (Å²) in [6.45, 7) is 1.61. The second-order valence-electron chi connectivity index (χ2n) is 6.61. The number of carbonyl (C=O) groups excluding carboxylic acids is 1. The summed E-state index contributed by atoms with van der Waals surface area (Å²) in [6.07, 6.45) is 5.23. The Morgan fingerprint density at radius 3 is 2.68 bits per heavy atom. The Balaban J connectivity index is 1.44. The van der Waals surface area contributed by atoms with Gasteiger partial charge in [-0.3, -0.25) is 4.79 Å². The highest BCUT2D eigenvalue weighted by atomic mass is 32.2. The van der Waals surface area contributed by atoms with Crippen LogP contribution < -0.4 is 0 Å². The molecular weight excluding hydrogens is 372 g/mol. The number of nitrogens with one attached hydrogen (secondary N) is 1. The molecule has 1 amide bonds. The topological polar surface area (TPSA) is 79.7 Å². The van der Waals surface area contributed by atoms with Gasteiger partial charge in [0.2, 0.25) is 0 Å². The van der Waals surface area contributed by atoms with Gasteiger partial charge in [-0.2, -0.15) is 11.8 Å². The predicted molar refractivity (Wildman–Crippen MR) is 110 cm³/mol. The summed E-state index contributed by atoms with van der Waals surface area (Å²) in [4.78, 5) is 22.2. The summed E-state index contributed by atoms with van der Waals surface area (Å²) in [5, 5.41) is 8.80. The summed E-state index contributed by atoms with van der Waals surface area (Å²) >= 11 is 1.89. The first kappa shape index (κ1) is 17.0. The van der Waals surface area contributed by atoms with E-state index in [4.69, 9.17) is 0 Å². The molecule has 28 heavy (non-hydrogen) atoms. The molecule has 1 saturated heterocycles. The third kappa shape index (κ3) is 3.05. The highest BCUT2D eigenvalue weighted by molar-refractivity contribution is 7.99. The Kier molecular flexibility index (Phi) is 4.32. The van der Waals surface area contributed by atoms with Crippen molar-refractivity contribution in [3.8, 4) is 17.1 Å². The molecule has 1 aromatic carbocycles. The van der Waals surface area contributed by atoms with Crippen LogP contribution in [0.25, 0.3) is 28.1 Å². The number of hydrogen-bond acceptors (Lipinski definition) is 5. The lowest BCUT2D eigenvalue weighted by Gasteiger charge is -2.26. The van der Waals surface area contributed by atoms with Crippen LogP contribution in [0.15, 0.2) is 55.1 Å². The molecule has 0 saturated carbocycles. The fourth-order valence-electron chi connectivity index (χ4n) is 3.42. The van der Waals surface area contributed by atoms with Gasteiger partial charge in [0, 0.05) is 53.6 Å². The Morgan fingerprint density at radius 1 is 1.11 bits per heavy atom. The summed E-state index contributed by atoms with van der Waals surface area (Å²) in [6, 6.07) is 12.0. The first-order valence-corrected chi connectivity index (χ1v) is 10.3. The van der Waals surface area contributed by atoms with E-state index in [-0.39, 0.29) is 5.91 Å². The van der Waals surface area contributed by atoms with E-state index in [0.717, 1.165) is 52.7 Å². The van der Waals surface area contributed by atoms with Crippen molar-refractivity contribution < 1.29 is 4.79 Å². The van der Waals surface area contributed by atoms with Crippen molar-refractivity contribution in [2.75, 3.05) is 24.6 Å². The van der Waals surface area contributed by atoms with E-state index in [0.29, 0.717) is 5.56 Å². The van der Waals surface area contributed by atoms with Gasteiger partial charge in [0.1, 0.15) is 12.0 Å². The van der Waals surface area contributed by atoms with E-state index in [1.54, 1.807) is 12.5 Å². The summed E-state index contributed by atoms with van der Waals surface area (Å²) < 4.78 is 2.02. The molecule has 0 radical (unpaired) electrons. The number of amides is 1. The van der Waals surface area contributed by atoms with Crippen LogP contribution >= 0.6 is 11.8 Å². The van der Waals surface area contributed by atoms with Crippen LogP contribution in [0, 0.1) is 0 Å². The Bertz CT molecular complexity index is 1110. The monoisotopic (exact) mass is 390 g/mol. The molecule has 1 fully saturated rings. The van der Waals surface area contributed by atoms with Crippen molar-refractivity contribution in [2.45, 2.75) is 0 Å². The largest absolute Gasteiger partial charge is 0.337 e. The minimum atomic E-state index is 0.0684. The lowest BCUT2D eigenvalue weighted by atomic mass is 10.2. The molecule has 3 aromatic heterocycles. The van der Waals surface area contributed by atoms with E-state index >= 15 is 0 Å². The SMILES string of the molecule is O=C(c1cnc2c(ccn2-c2ccc(-c3nnc[nH]3)cc2)c1)N1CCSCC1. The van der Waals surface area contributed by atoms with Gasteiger partial charge in [-0.1, -0.05) is 0 Å². The van der Waals surface area contributed by atoms with Crippen LogP contribution in [0.3, 0.4) is 0 Å². The predicted octanol–water partition coefficient (Wildman–Crippen LogP) is 3.00. The van der Waals surface area contributed by atoms with Crippen LogP contribution in [0.2, 0.25) is 0 Å². The average molecular weight is 390 g/mol. The van der Waals surface area contributed by atoms with Crippen molar-refractivity contribution in [2.24, 2.45) is 0 Å². The minimum Gasteiger partial charge on any atom is -0.337 e. The number of nitrogens with zero attached hydrogens (tertiary/aromatic N) is 5. The minimum absolute atomic E-state index is 0.0684. The first-order chi connectivity index (χ1) is 13.8. The van der Waals surface area contributed by atoms with Crippen molar-refractivity contribution >= 4 is 28.7 Å². The first-order valence-electron chi connectivity index (χ1n) is 9.10. The normalized spacial score (nSPS) is 14.5. The van der Waals surface area contributed by atoms with Crippen LogP contribution in [0.1, 0.15) is 10.4 Å². The summed E-state index contributed by atoms with van der Waals surface area (Å²) in [5.74, 6) is 2.81. The Hall–Kier alpha value is -3.13. The molecule has 7 nitrogen and oxygen atoms in total. The number of rotatable bonds is 3. The quantitative estimate of drug-likeness (QED) is 0.582. The number of hydrogen-bond donors (Lipinski definition) is 1. The zero-order valence-electron chi connectivity index (χ0n) is 15.1. The van der Waals surface area contributed by atoms with Crippen LogP contribution in [-0.4, -0.2) is 60.1 Å². The van der Waals surface area contributed by atoms with E-state index in [1.807, 2.05) is 63.8 Å². The molecule has 4 heterocycles. The van der Waals surface area contributed by atoms with Gasteiger partial charge >= 0.3 is 0 Å². The van der Waals surface area contributed by atoms with Gasteiger partial charge in [0.05, 0.1) is 5.56 Å². The van der Waals surface area contributed by atoms with E-state index in [1.165, 1.54) is 0 Å². The molecule has 0 unspecified atom stereocenters. The maximum Gasteiger partial charge on any atom is 0.255 e. The van der Waals surface area contributed by atoms with Gasteiger partial charge in [-0.05, 0) is 36.4 Å². The molecule has 1 aliphatic heterocycles. The van der Waals surface area contributed by atoms with Crippen molar-refractivity contribution in [1.29, 1.82) is 0 Å². The number of fused-ring (bicyclic) bond motifs is 1. The molecule has 0 bridgehead atoms. The van der Waals surface area contributed by atoms with Crippen LogP contribution in [-0.2, 0) is 0 Å². The molecule has 0 aliphatic carbocycles. The number of aromatic nitrogens is 5. The molecular formula is C20H18N6OS. The lowest BCUT2D eigenvalue weighted by Crippen LogP contribution is -2.37. The zero-order chi connectivity index (χ0) is 18.9. The van der Waals surface area contributed by atoms with E-state index < -0.39 is 0 Å². The third-order valence-corrected chi connectivity index (χ3v) is 5.85. The van der Waals surface area contributed by atoms with E-state index in [2.05, 4.69) is 20.2 Å². The highest BCUT2D eigenvalue weighted by Gasteiger charge is 2.19. The number of benzene rings is 1. The van der Waals surface area contributed by atoms with Gasteiger partial charge < -0.3 is 14.5 Å². The van der Waals surface area contributed by atoms with Gasteiger partial charge in [0.15, 0.2) is 5.82 Å². The van der Waals surface area contributed by atoms with Gasteiger partial charge in [0.25, 0.3) is 5.91 Å². The maximum atomic E-state index is 12.7. The number of carbonyl (C=O) groups is 1. The molecule has 1 aliphatic rings. The highest BCUT2D eigenvalue weighted by Crippen LogP contribution is 2.23. The summed E-state index contributed by atoms with van der Waals surface area (Å²) in [5.41, 5.74) is 3.45. The van der Waals surface area contributed by atoms with Crippen molar-refractivity contribution in [1.82, 2.24) is 29.6 Å². The second-order valence-corrected chi connectivity index (χ2v) is 7.84. The molecule has 5 rings (SSSR count). The second kappa shape index (κ2) is 7.12. The molecule has 140 valence electrons. The lowest BCUT2D eigenvalue weighted by molar-refractivity contribution is 0.0772.